The zero-order chi connectivity index (χ0) is 37.2. The largest absolute Gasteiger partial charge is 0.458 e. The van der Waals surface area contributed by atoms with Crippen LogP contribution in [0.3, 0.4) is 0 Å². The molecular formula is C41H31BrO11. The van der Waals surface area contributed by atoms with Gasteiger partial charge in [0.2, 0.25) is 16.9 Å². The van der Waals surface area contributed by atoms with Gasteiger partial charge in [0.05, 0.1) is 27.8 Å². The standard InChI is InChI=1S/C41H31BrO11/c42-41(26-48-35(43)27-16-6-1-7-17-27)34(51-38(46)30-22-12-4-13-23-30)32(49-36(44)28-18-8-2-9-19-28)33(50-37(45)29-20-10-3-11-21-29)40(53-41)52-39(47)31-24-14-5-15-25-31/h1-25,32-34,40H,26H2/t32-,33+,34+,40-,41-/m0/s1. The van der Waals surface area contributed by atoms with Gasteiger partial charge in [0.25, 0.3) is 0 Å². The minimum Gasteiger partial charge on any atom is -0.458 e. The second-order valence-electron chi connectivity index (χ2n) is 11.6. The molecular weight excluding hydrogens is 748 g/mol. The van der Waals surface area contributed by atoms with Gasteiger partial charge >= 0.3 is 29.8 Å². The molecule has 0 aromatic heterocycles. The van der Waals surface area contributed by atoms with E-state index in [1.807, 2.05) is 0 Å². The molecule has 0 aliphatic carbocycles. The van der Waals surface area contributed by atoms with E-state index in [1.54, 1.807) is 91.0 Å². The quantitative estimate of drug-likeness (QED) is 0.0792. The molecule has 0 N–H and O–H groups in total. The van der Waals surface area contributed by atoms with E-state index >= 15 is 0 Å². The molecule has 11 nitrogen and oxygen atoms in total. The van der Waals surface area contributed by atoms with E-state index in [4.69, 9.17) is 28.4 Å². The predicted octanol–water partition coefficient (Wildman–Crippen LogP) is 6.82. The number of hydrogen-bond donors (Lipinski definition) is 0. The van der Waals surface area contributed by atoms with Gasteiger partial charge in [0.15, 0.2) is 12.2 Å². The lowest BCUT2D eigenvalue weighted by atomic mass is 9.97. The summed E-state index contributed by atoms with van der Waals surface area (Å²) in [5.41, 5.74) is 0.654. The Labute approximate surface area is 312 Å². The molecule has 0 bridgehead atoms. The van der Waals surface area contributed by atoms with Crippen LogP contribution in [0.5, 0.6) is 0 Å². The Bertz CT molecular complexity index is 2030. The molecule has 0 saturated carbocycles. The molecule has 5 aromatic rings. The van der Waals surface area contributed by atoms with E-state index < -0.39 is 65.6 Å². The average Bonchev–Trinajstić information content (AvgIpc) is 3.21. The molecule has 6 rings (SSSR count). The molecule has 53 heavy (non-hydrogen) atoms. The van der Waals surface area contributed by atoms with E-state index in [9.17, 15) is 24.0 Å². The fraction of sp³-hybridized carbons (Fsp3) is 0.146. The highest BCUT2D eigenvalue weighted by molar-refractivity contribution is 9.10. The minimum absolute atomic E-state index is 0.105. The molecule has 1 aliphatic heterocycles. The molecule has 1 fully saturated rings. The van der Waals surface area contributed by atoms with Gasteiger partial charge in [0.1, 0.15) is 6.61 Å². The van der Waals surface area contributed by atoms with Crippen molar-refractivity contribution in [2.24, 2.45) is 0 Å². The first kappa shape index (κ1) is 36.7. The number of carbonyl (C=O) groups is 5. The third-order valence-electron chi connectivity index (χ3n) is 8.02. The van der Waals surface area contributed by atoms with Crippen LogP contribution in [0.1, 0.15) is 51.8 Å². The van der Waals surface area contributed by atoms with Gasteiger partial charge in [-0.05, 0) is 76.6 Å². The number of hydrogen-bond acceptors (Lipinski definition) is 11. The van der Waals surface area contributed by atoms with Crippen LogP contribution >= 0.6 is 15.9 Å². The molecule has 5 atom stereocenters. The Morgan fingerprint density at radius 3 is 1.17 bits per heavy atom. The van der Waals surface area contributed by atoms with Gasteiger partial charge in [-0.25, -0.2) is 24.0 Å². The summed E-state index contributed by atoms with van der Waals surface area (Å²) in [6.07, 6.45) is -7.01. The highest BCUT2D eigenvalue weighted by Gasteiger charge is 2.61. The van der Waals surface area contributed by atoms with Gasteiger partial charge in [-0.15, -0.1) is 0 Å². The first-order valence-corrected chi connectivity index (χ1v) is 17.1. The number of halogens is 1. The normalized spacial score (nSPS) is 20.6. The summed E-state index contributed by atoms with van der Waals surface area (Å²) >= 11 is 3.48. The number of ether oxygens (including phenoxy) is 6. The Kier molecular flexibility index (Phi) is 11.7. The maximum atomic E-state index is 13.8. The average molecular weight is 780 g/mol. The molecule has 268 valence electrons. The van der Waals surface area contributed by atoms with Crippen LogP contribution in [0.15, 0.2) is 152 Å². The SMILES string of the molecule is O=C(OC[C@]1(Br)O[C@H](OC(=O)c2ccccc2)[C@H](OC(=O)c2ccccc2)[C@H](OC(=O)c2ccccc2)[C@H]1OC(=O)c1ccccc1)c1ccccc1. The highest BCUT2D eigenvalue weighted by Crippen LogP contribution is 2.41. The van der Waals surface area contributed by atoms with Crippen molar-refractivity contribution in [1.82, 2.24) is 0 Å². The Morgan fingerprint density at radius 2 is 0.774 bits per heavy atom. The van der Waals surface area contributed by atoms with Crippen LogP contribution in [-0.4, -0.2) is 65.6 Å². The molecule has 12 heteroatoms. The first-order valence-electron chi connectivity index (χ1n) is 16.3. The maximum Gasteiger partial charge on any atom is 0.340 e. The van der Waals surface area contributed by atoms with E-state index in [0.29, 0.717) is 0 Å². The second-order valence-corrected chi connectivity index (χ2v) is 13.0. The van der Waals surface area contributed by atoms with Crippen LogP contribution in [0, 0.1) is 0 Å². The zero-order valence-corrected chi connectivity index (χ0v) is 29.4. The van der Waals surface area contributed by atoms with Gasteiger partial charge in [-0.3, -0.25) is 0 Å². The zero-order valence-electron chi connectivity index (χ0n) is 27.8. The molecule has 0 amide bonds. The summed E-state index contributed by atoms with van der Waals surface area (Å²) in [6, 6.07) is 39.8. The summed E-state index contributed by atoms with van der Waals surface area (Å²) in [5.74, 6) is -4.34. The van der Waals surface area contributed by atoms with Crippen molar-refractivity contribution in [3.8, 4) is 0 Å². The van der Waals surface area contributed by atoms with Gasteiger partial charge in [-0.2, -0.15) is 0 Å². The van der Waals surface area contributed by atoms with Gasteiger partial charge in [-0.1, -0.05) is 91.0 Å². The predicted molar refractivity (Wildman–Crippen MR) is 192 cm³/mol. The molecule has 1 saturated heterocycles. The van der Waals surface area contributed by atoms with Crippen molar-refractivity contribution < 1.29 is 52.4 Å². The lowest BCUT2D eigenvalue weighted by Crippen LogP contribution is -2.67. The molecule has 0 radical (unpaired) electrons. The molecule has 1 aliphatic rings. The summed E-state index contributed by atoms with van der Waals surface area (Å²) < 4.78 is 33.8. The first-order chi connectivity index (χ1) is 25.7. The maximum absolute atomic E-state index is 13.8. The number of benzene rings is 5. The van der Waals surface area contributed by atoms with Crippen molar-refractivity contribution >= 4 is 45.8 Å². The van der Waals surface area contributed by atoms with Crippen molar-refractivity contribution in [2.45, 2.75) is 29.1 Å². The molecule has 5 aromatic carbocycles. The third kappa shape index (κ3) is 9.04. The fourth-order valence-electron chi connectivity index (χ4n) is 5.37. The number of carbonyl (C=O) groups excluding carboxylic acids is 5. The topological polar surface area (TPSA) is 141 Å². The van der Waals surface area contributed by atoms with Crippen LogP contribution in [-0.2, 0) is 28.4 Å². The number of rotatable bonds is 11. The third-order valence-corrected chi connectivity index (χ3v) is 8.89. The molecule has 1 heterocycles. The van der Waals surface area contributed by atoms with Crippen molar-refractivity contribution in [1.29, 1.82) is 0 Å². The van der Waals surface area contributed by atoms with E-state index in [-0.39, 0.29) is 27.8 Å². The van der Waals surface area contributed by atoms with Crippen LogP contribution in [0.25, 0.3) is 0 Å². The Hall–Kier alpha value is -6.11. The number of esters is 5. The monoisotopic (exact) mass is 778 g/mol. The second kappa shape index (κ2) is 16.9. The van der Waals surface area contributed by atoms with Crippen molar-refractivity contribution in [3.63, 3.8) is 0 Å². The summed E-state index contributed by atoms with van der Waals surface area (Å²) in [4.78, 5) is 67.9. The molecule has 0 spiro atoms. The summed E-state index contributed by atoms with van der Waals surface area (Å²) in [7, 11) is 0. The van der Waals surface area contributed by atoms with Crippen molar-refractivity contribution in [2.75, 3.05) is 6.61 Å². The van der Waals surface area contributed by atoms with Gasteiger partial charge < -0.3 is 28.4 Å². The minimum atomic E-state index is -2.07. The molecule has 0 unspecified atom stereocenters. The number of alkyl halides is 1. The van der Waals surface area contributed by atoms with Gasteiger partial charge in [0, 0.05) is 0 Å². The van der Waals surface area contributed by atoms with Crippen molar-refractivity contribution in [3.05, 3.63) is 179 Å². The van der Waals surface area contributed by atoms with Crippen LogP contribution in [0.4, 0.5) is 0 Å². The van der Waals surface area contributed by atoms with E-state index in [1.165, 1.54) is 60.7 Å². The smallest absolute Gasteiger partial charge is 0.340 e. The summed E-state index contributed by atoms with van der Waals surface area (Å²) in [5, 5.41) is 0. The van der Waals surface area contributed by atoms with E-state index in [0.717, 1.165) is 0 Å². The Balaban J connectivity index is 1.45. The fourth-order valence-corrected chi connectivity index (χ4v) is 6.02. The lowest BCUT2D eigenvalue weighted by Gasteiger charge is -2.47. The van der Waals surface area contributed by atoms with E-state index in [2.05, 4.69) is 15.9 Å². The van der Waals surface area contributed by atoms with Crippen LogP contribution < -0.4 is 0 Å². The summed E-state index contributed by atoms with van der Waals surface area (Å²) in [6.45, 7) is -0.675. The highest BCUT2D eigenvalue weighted by atomic mass is 79.9. The van der Waals surface area contributed by atoms with Crippen LogP contribution in [0.2, 0.25) is 0 Å². The lowest BCUT2D eigenvalue weighted by molar-refractivity contribution is -0.292. The Morgan fingerprint density at radius 1 is 0.453 bits per heavy atom.